The van der Waals surface area contributed by atoms with Gasteiger partial charge in [-0.05, 0) is 54.4 Å². The molecule has 0 aliphatic carbocycles. The molecular weight excluding hydrogens is 435 g/mol. The zero-order chi connectivity index (χ0) is 24.1. The Balaban J connectivity index is 1.66. The summed E-state index contributed by atoms with van der Waals surface area (Å²) in [6, 6.07) is 20.0. The molecule has 3 aromatic rings. The van der Waals surface area contributed by atoms with E-state index in [9.17, 15) is 14.0 Å². The Hall–Kier alpha value is -3.87. The Kier molecular flexibility index (Phi) is 7.11. The van der Waals surface area contributed by atoms with Crippen LogP contribution in [0.3, 0.4) is 0 Å². The predicted octanol–water partition coefficient (Wildman–Crippen LogP) is 4.64. The van der Waals surface area contributed by atoms with Crippen molar-refractivity contribution >= 4 is 17.5 Å². The van der Waals surface area contributed by atoms with Crippen molar-refractivity contribution in [3.63, 3.8) is 0 Å². The summed E-state index contributed by atoms with van der Waals surface area (Å²) >= 11 is 0. The van der Waals surface area contributed by atoms with Gasteiger partial charge in [0.25, 0.3) is 0 Å². The fourth-order valence-electron chi connectivity index (χ4n) is 4.42. The van der Waals surface area contributed by atoms with Crippen LogP contribution in [0.15, 0.2) is 72.8 Å². The molecule has 1 fully saturated rings. The van der Waals surface area contributed by atoms with Crippen LogP contribution in [0.5, 0.6) is 11.5 Å². The monoisotopic (exact) mass is 462 g/mol. The largest absolute Gasteiger partial charge is 0.497 e. The molecule has 1 N–H and O–H groups in total. The maximum atomic E-state index is 13.7. The highest BCUT2D eigenvalue weighted by atomic mass is 19.1. The van der Waals surface area contributed by atoms with E-state index in [1.54, 1.807) is 55.5 Å². The summed E-state index contributed by atoms with van der Waals surface area (Å²) in [6.45, 7) is 0.298. The summed E-state index contributed by atoms with van der Waals surface area (Å²) in [4.78, 5) is 28.2. The molecule has 6 nitrogen and oxygen atoms in total. The Bertz CT molecular complexity index is 1150. The molecule has 2 amide bonds. The van der Waals surface area contributed by atoms with E-state index in [1.165, 1.54) is 12.1 Å². The van der Waals surface area contributed by atoms with E-state index in [2.05, 4.69) is 5.32 Å². The third-order valence-corrected chi connectivity index (χ3v) is 6.14. The maximum Gasteiger partial charge on any atom is 0.227 e. The highest BCUT2D eigenvalue weighted by Gasteiger charge is 2.41. The van der Waals surface area contributed by atoms with Crippen molar-refractivity contribution in [2.45, 2.75) is 25.4 Å². The molecule has 2 unspecified atom stereocenters. The lowest BCUT2D eigenvalue weighted by atomic mass is 9.83. The minimum absolute atomic E-state index is 0.0896. The fourth-order valence-corrected chi connectivity index (χ4v) is 4.42. The second-order valence-corrected chi connectivity index (χ2v) is 8.13. The van der Waals surface area contributed by atoms with Gasteiger partial charge in [0.1, 0.15) is 17.3 Å². The molecule has 2 atom stereocenters. The number of amides is 2. The van der Waals surface area contributed by atoms with Crippen LogP contribution >= 0.6 is 0 Å². The average molecular weight is 463 g/mol. The fraction of sp³-hybridized carbons (Fsp3) is 0.259. The smallest absolute Gasteiger partial charge is 0.227 e. The van der Waals surface area contributed by atoms with Gasteiger partial charge in [-0.2, -0.15) is 0 Å². The average Bonchev–Trinajstić information content (AvgIpc) is 2.88. The van der Waals surface area contributed by atoms with Gasteiger partial charge in [-0.15, -0.1) is 0 Å². The third-order valence-electron chi connectivity index (χ3n) is 6.14. The first-order valence-electron chi connectivity index (χ1n) is 11.1. The lowest BCUT2D eigenvalue weighted by Gasteiger charge is -2.41. The van der Waals surface area contributed by atoms with Gasteiger partial charge in [0.05, 0.1) is 26.2 Å². The van der Waals surface area contributed by atoms with Gasteiger partial charge >= 0.3 is 0 Å². The van der Waals surface area contributed by atoms with Gasteiger partial charge in [-0.25, -0.2) is 4.39 Å². The molecule has 0 saturated carbocycles. The molecule has 0 aromatic heterocycles. The van der Waals surface area contributed by atoms with Crippen LogP contribution in [0.4, 0.5) is 10.1 Å². The first kappa shape index (κ1) is 23.3. The lowest BCUT2D eigenvalue weighted by molar-refractivity contribution is -0.129. The van der Waals surface area contributed by atoms with Crippen molar-refractivity contribution < 1.29 is 23.5 Å². The molecule has 1 aliphatic heterocycles. The standard InChI is InChI=1S/C27H27FN2O4/c1-33-22-13-11-21(12-14-22)30-25(31)16-15-23(26(30)18-7-9-20(28)10-8-18)27(32)29-17-19-5-3-4-6-24(19)34-2/h3-14,23,26H,15-17H2,1-2H3,(H,29,32). The molecule has 7 heteroatoms. The van der Waals surface area contributed by atoms with Crippen molar-refractivity contribution in [2.24, 2.45) is 5.92 Å². The first-order valence-corrected chi connectivity index (χ1v) is 11.1. The third kappa shape index (κ3) is 4.88. The van der Waals surface area contributed by atoms with Gasteiger partial charge in [-0.3, -0.25) is 9.59 Å². The minimum atomic E-state index is -0.576. The Morgan fingerprint density at radius 2 is 1.71 bits per heavy atom. The van der Waals surface area contributed by atoms with E-state index in [4.69, 9.17) is 9.47 Å². The quantitative estimate of drug-likeness (QED) is 0.555. The van der Waals surface area contributed by atoms with Crippen LogP contribution in [-0.4, -0.2) is 26.0 Å². The van der Waals surface area contributed by atoms with Crippen LogP contribution < -0.4 is 19.7 Å². The van der Waals surface area contributed by atoms with Gasteiger partial charge in [0, 0.05) is 24.2 Å². The van der Waals surface area contributed by atoms with Crippen LogP contribution in [0.2, 0.25) is 0 Å². The number of nitrogens with one attached hydrogen (secondary N) is 1. The van der Waals surface area contributed by atoms with E-state index >= 15 is 0 Å². The van der Waals surface area contributed by atoms with E-state index in [1.807, 2.05) is 24.3 Å². The highest BCUT2D eigenvalue weighted by Crippen LogP contribution is 2.40. The number of anilines is 1. The molecule has 1 aliphatic rings. The van der Waals surface area contributed by atoms with E-state index in [-0.39, 0.29) is 24.1 Å². The summed E-state index contributed by atoms with van der Waals surface area (Å²) in [7, 11) is 3.16. The van der Waals surface area contributed by atoms with Crippen molar-refractivity contribution in [2.75, 3.05) is 19.1 Å². The zero-order valence-electron chi connectivity index (χ0n) is 19.2. The number of methoxy groups -OCH3 is 2. The van der Waals surface area contributed by atoms with E-state index < -0.39 is 12.0 Å². The number of benzene rings is 3. The molecule has 1 heterocycles. The number of carbonyl (C=O) groups is 2. The second-order valence-electron chi connectivity index (χ2n) is 8.13. The van der Waals surface area contributed by atoms with Crippen molar-refractivity contribution in [3.8, 4) is 11.5 Å². The zero-order valence-corrected chi connectivity index (χ0v) is 19.2. The molecule has 0 bridgehead atoms. The van der Waals surface area contributed by atoms with E-state index in [0.717, 1.165) is 5.56 Å². The summed E-state index contributed by atoms with van der Waals surface area (Å²) in [5, 5.41) is 3.01. The summed E-state index contributed by atoms with van der Waals surface area (Å²) in [5.74, 6) is 0.202. The number of hydrogen-bond acceptors (Lipinski definition) is 4. The Morgan fingerprint density at radius 1 is 1.00 bits per heavy atom. The van der Waals surface area contributed by atoms with Gasteiger partial charge in [0.15, 0.2) is 0 Å². The molecule has 4 rings (SSSR count). The molecule has 0 radical (unpaired) electrons. The van der Waals surface area contributed by atoms with Crippen LogP contribution in [-0.2, 0) is 16.1 Å². The summed E-state index contributed by atoms with van der Waals surface area (Å²) < 4.78 is 24.3. The van der Waals surface area contributed by atoms with Crippen molar-refractivity contribution in [3.05, 3.63) is 89.7 Å². The van der Waals surface area contributed by atoms with Crippen LogP contribution in [0, 0.1) is 11.7 Å². The topological polar surface area (TPSA) is 67.9 Å². The van der Waals surface area contributed by atoms with Crippen molar-refractivity contribution in [1.29, 1.82) is 0 Å². The lowest BCUT2D eigenvalue weighted by Crippen LogP contribution is -2.48. The summed E-state index contributed by atoms with van der Waals surface area (Å²) in [5.41, 5.74) is 2.21. The molecule has 1 saturated heterocycles. The van der Waals surface area contributed by atoms with Gasteiger partial charge in [0.2, 0.25) is 11.8 Å². The number of ether oxygens (including phenoxy) is 2. The molecule has 0 spiro atoms. The number of nitrogens with zero attached hydrogens (tertiary/aromatic N) is 1. The normalized spacial score (nSPS) is 17.9. The maximum absolute atomic E-state index is 13.7. The number of piperidine rings is 1. The number of para-hydroxylation sites is 1. The highest BCUT2D eigenvalue weighted by molar-refractivity contribution is 5.97. The van der Waals surface area contributed by atoms with Crippen LogP contribution in [0.1, 0.15) is 30.0 Å². The molecular formula is C27H27FN2O4. The van der Waals surface area contributed by atoms with Crippen LogP contribution in [0.25, 0.3) is 0 Å². The van der Waals surface area contributed by atoms with E-state index in [0.29, 0.717) is 35.7 Å². The number of carbonyl (C=O) groups excluding carboxylic acids is 2. The Labute approximate surface area is 198 Å². The SMILES string of the molecule is COc1ccc(N2C(=O)CCC(C(=O)NCc3ccccc3OC)C2c2ccc(F)cc2)cc1. The van der Waals surface area contributed by atoms with Gasteiger partial charge < -0.3 is 19.7 Å². The predicted molar refractivity (Wildman–Crippen MR) is 127 cm³/mol. The molecule has 3 aromatic carbocycles. The number of hydrogen-bond donors (Lipinski definition) is 1. The van der Waals surface area contributed by atoms with Crippen molar-refractivity contribution in [1.82, 2.24) is 5.32 Å². The number of halogens is 1. The Morgan fingerprint density at radius 3 is 2.38 bits per heavy atom. The van der Waals surface area contributed by atoms with Gasteiger partial charge in [-0.1, -0.05) is 30.3 Å². The second kappa shape index (κ2) is 10.4. The minimum Gasteiger partial charge on any atom is -0.497 e. The first-order chi connectivity index (χ1) is 16.5. The molecule has 34 heavy (non-hydrogen) atoms. The summed E-state index contributed by atoms with van der Waals surface area (Å²) in [6.07, 6.45) is 0.627. The molecule has 176 valence electrons. The number of rotatable bonds is 7.